The number of fused-ring (bicyclic) bond motifs is 5. The minimum Gasteiger partial charge on any atom is -0.477 e. The number of halogens is 1. The lowest BCUT2D eigenvalue weighted by molar-refractivity contribution is 0.0302. The number of carboxylic acid groups (broad SMARTS) is 1. The Kier molecular flexibility index (Phi) is 6.17. The van der Waals surface area contributed by atoms with E-state index in [-0.39, 0.29) is 11.1 Å². The predicted molar refractivity (Wildman–Crippen MR) is 150 cm³/mol. The molecule has 3 aromatic rings. The number of aromatic nitrogens is 2. The molecule has 2 bridgehead atoms. The molecule has 3 aliphatic heterocycles. The number of benzene rings is 1. The number of carbonyl (C=O) groups is 1. The highest BCUT2D eigenvalue weighted by molar-refractivity contribution is 6.32. The highest BCUT2D eigenvalue weighted by atomic mass is 35.5. The summed E-state index contributed by atoms with van der Waals surface area (Å²) < 4.78 is 7.68. The second-order valence-electron chi connectivity index (χ2n) is 11.3. The average molecular weight is 545 g/mol. The minimum absolute atomic E-state index is 0.273. The molecular weight excluding hydrogens is 516 g/mol. The fraction of sp³-hybridized carbons (Fsp3) is 0.367. The Hall–Kier alpha value is -3.80. The summed E-state index contributed by atoms with van der Waals surface area (Å²) in [5.74, 6) is 6.07. The van der Waals surface area contributed by atoms with Gasteiger partial charge in [-0.25, -0.2) is 9.78 Å². The zero-order chi connectivity index (χ0) is 27.5. The van der Waals surface area contributed by atoms with Gasteiger partial charge in [0, 0.05) is 53.8 Å². The molecule has 5 heterocycles. The summed E-state index contributed by atoms with van der Waals surface area (Å²) in [5, 5.41) is 12.0. The SMILES string of the molecule is CC(C)(C)N1Cc2cc(C#Cc3ccc(N4CC5CCC(C4)O5)nc3)c(Cl)cc2-c2cc(=O)c(C(=O)O)cn21. The molecule has 2 saturated heterocycles. The molecule has 3 aliphatic rings. The van der Waals surface area contributed by atoms with Crippen LogP contribution in [0.25, 0.3) is 11.3 Å². The molecule has 2 fully saturated rings. The minimum atomic E-state index is -1.25. The van der Waals surface area contributed by atoms with E-state index in [1.165, 1.54) is 12.3 Å². The van der Waals surface area contributed by atoms with Crippen LogP contribution in [0.15, 0.2) is 47.5 Å². The molecule has 2 atom stereocenters. The van der Waals surface area contributed by atoms with E-state index in [1.807, 2.05) is 44.0 Å². The smallest absolute Gasteiger partial charge is 0.341 e. The van der Waals surface area contributed by atoms with E-state index < -0.39 is 11.4 Å². The molecule has 2 aromatic heterocycles. The Bertz CT molecular complexity index is 1580. The molecule has 9 heteroatoms. The van der Waals surface area contributed by atoms with Gasteiger partial charge in [0.15, 0.2) is 5.43 Å². The summed E-state index contributed by atoms with van der Waals surface area (Å²) in [6.45, 7) is 8.35. The van der Waals surface area contributed by atoms with E-state index in [0.29, 0.717) is 35.0 Å². The quantitative estimate of drug-likeness (QED) is 0.482. The predicted octanol–water partition coefficient (Wildman–Crippen LogP) is 4.28. The molecule has 6 rings (SSSR count). The van der Waals surface area contributed by atoms with Gasteiger partial charge < -0.3 is 19.8 Å². The van der Waals surface area contributed by atoms with Crippen molar-refractivity contribution in [2.24, 2.45) is 0 Å². The fourth-order valence-electron chi connectivity index (χ4n) is 5.55. The van der Waals surface area contributed by atoms with Crippen LogP contribution in [0.3, 0.4) is 0 Å². The second kappa shape index (κ2) is 9.44. The van der Waals surface area contributed by atoms with E-state index in [9.17, 15) is 14.7 Å². The maximum atomic E-state index is 12.6. The fourth-order valence-corrected chi connectivity index (χ4v) is 5.77. The summed E-state index contributed by atoms with van der Waals surface area (Å²) in [6.07, 6.45) is 6.02. The number of ether oxygens (including phenoxy) is 1. The molecule has 0 aliphatic carbocycles. The molecule has 8 nitrogen and oxygen atoms in total. The number of hydrogen-bond acceptors (Lipinski definition) is 6. The van der Waals surface area contributed by atoms with Crippen LogP contribution in [0.1, 0.15) is 60.7 Å². The maximum absolute atomic E-state index is 12.6. The molecule has 0 saturated carbocycles. The van der Waals surface area contributed by atoms with Gasteiger partial charge in [-0.1, -0.05) is 23.4 Å². The van der Waals surface area contributed by atoms with Crippen molar-refractivity contribution in [3.63, 3.8) is 0 Å². The second-order valence-corrected chi connectivity index (χ2v) is 11.7. The number of hydrogen-bond donors (Lipinski definition) is 1. The van der Waals surface area contributed by atoms with E-state index in [2.05, 4.69) is 21.7 Å². The summed E-state index contributed by atoms with van der Waals surface area (Å²) in [6, 6.07) is 9.11. The molecular formula is C30H29ClN4O4. The van der Waals surface area contributed by atoms with Crippen LogP contribution < -0.4 is 15.3 Å². The van der Waals surface area contributed by atoms with Gasteiger partial charge in [-0.3, -0.25) is 9.47 Å². The molecule has 1 N–H and O–H groups in total. The summed E-state index contributed by atoms with van der Waals surface area (Å²) >= 11 is 6.67. The van der Waals surface area contributed by atoms with Gasteiger partial charge in [0.25, 0.3) is 0 Å². The first-order valence-electron chi connectivity index (χ1n) is 13.1. The van der Waals surface area contributed by atoms with Crippen molar-refractivity contribution in [3.8, 4) is 23.1 Å². The largest absolute Gasteiger partial charge is 0.477 e. The number of aromatic carboxylic acids is 1. The highest BCUT2D eigenvalue weighted by Gasteiger charge is 2.34. The van der Waals surface area contributed by atoms with Crippen LogP contribution >= 0.6 is 11.6 Å². The normalized spacial score (nSPS) is 19.7. The Labute approximate surface area is 231 Å². The van der Waals surface area contributed by atoms with Gasteiger partial charge in [-0.05, 0) is 63.4 Å². The first-order valence-corrected chi connectivity index (χ1v) is 13.4. The Morgan fingerprint density at radius 3 is 2.51 bits per heavy atom. The molecule has 200 valence electrons. The number of rotatable bonds is 2. The van der Waals surface area contributed by atoms with Crippen molar-refractivity contribution >= 4 is 23.4 Å². The van der Waals surface area contributed by atoms with Gasteiger partial charge >= 0.3 is 5.97 Å². The summed E-state index contributed by atoms with van der Waals surface area (Å²) in [4.78, 5) is 31.2. The molecule has 39 heavy (non-hydrogen) atoms. The summed E-state index contributed by atoms with van der Waals surface area (Å²) in [7, 11) is 0. The van der Waals surface area contributed by atoms with Crippen LogP contribution in [0.2, 0.25) is 5.02 Å². The zero-order valence-corrected chi connectivity index (χ0v) is 22.8. The van der Waals surface area contributed by atoms with Gasteiger partial charge in [0.05, 0.1) is 29.5 Å². The Morgan fingerprint density at radius 2 is 1.87 bits per heavy atom. The molecule has 2 unspecified atom stereocenters. The molecule has 0 amide bonds. The van der Waals surface area contributed by atoms with Crippen molar-refractivity contribution in [2.75, 3.05) is 23.0 Å². The number of pyridine rings is 2. The van der Waals surface area contributed by atoms with Crippen LogP contribution in [0.4, 0.5) is 5.82 Å². The third-order valence-electron chi connectivity index (χ3n) is 7.54. The number of morpholine rings is 1. The van der Waals surface area contributed by atoms with Gasteiger partial charge in [-0.15, -0.1) is 0 Å². The molecule has 1 aromatic carbocycles. The van der Waals surface area contributed by atoms with Crippen molar-refractivity contribution in [1.82, 2.24) is 9.66 Å². The standard InChI is InChI=1S/C30H29ClN4O4/c1-30(2,3)35-14-20-10-19(25(31)11-23(20)26-12-27(36)24(29(37)38)17-34(26)35)6-4-18-5-9-28(32-13-18)33-15-21-7-8-22(16-33)39-21/h5,9-13,17,21-22H,7-8,14-16H2,1-3H3,(H,37,38). The van der Waals surface area contributed by atoms with E-state index in [1.54, 1.807) is 16.9 Å². The third kappa shape index (κ3) is 4.77. The van der Waals surface area contributed by atoms with Gasteiger partial charge in [0.1, 0.15) is 11.4 Å². The van der Waals surface area contributed by atoms with Crippen molar-refractivity contribution in [1.29, 1.82) is 0 Å². The van der Waals surface area contributed by atoms with Crippen molar-refractivity contribution in [2.45, 2.75) is 57.9 Å². The van der Waals surface area contributed by atoms with E-state index >= 15 is 0 Å². The van der Waals surface area contributed by atoms with Crippen LogP contribution in [0.5, 0.6) is 0 Å². The topological polar surface area (TPSA) is 87.9 Å². The maximum Gasteiger partial charge on any atom is 0.341 e. The summed E-state index contributed by atoms with van der Waals surface area (Å²) in [5.41, 5.74) is 2.63. The lowest BCUT2D eigenvalue weighted by Crippen LogP contribution is -2.51. The van der Waals surface area contributed by atoms with Crippen LogP contribution in [0, 0.1) is 11.8 Å². The first-order chi connectivity index (χ1) is 18.6. The number of carboxylic acids is 1. The number of nitrogens with zero attached hydrogens (tertiary/aromatic N) is 4. The Balaban J connectivity index is 1.32. The van der Waals surface area contributed by atoms with Crippen LogP contribution in [-0.2, 0) is 11.3 Å². The zero-order valence-electron chi connectivity index (χ0n) is 22.1. The third-order valence-corrected chi connectivity index (χ3v) is 7.85. The average Bonchev–Trinajstić information content (AvgIpc) is 3.23. The number of anilines is 1. The van der Waals surface area contributed by atoms with Crippen molar-refractivity contribution in [3.05, 3.63) is 80.2 Å². The first kappa shape index (κ1) is 25.5. The monoisotopic (exact) mass is 544 g/mol. The lowest BCUT2D eigenvalue weighted by Gasteiger charge is -2.43. The van der Waals surface area contributed by atoms with E-state index in [0.717, 1.165) is 48.4 Å². The molecule has 0 spiro atoms. The molecule has 0 radical (unpaired) electrons. The Morgan fingerprint density at radius 1 is 1.13 bits per heavy atom. The lowest BCUT2D eigenvalue weighted by atomic mass is 9.96. The van der Waals surface area contributed by atoms with Gasteiger partial charge in [0.2, 0.25) is 0 Å². The van der Waals surface area contributed by atoms with Gasteiger partial charge in [-0.2, -0.15) is 0 Å². The van der Waals surface area contributed by atoms with Crippen molar-refractivity contribution < 1.29 is 14.6 Å². The highest BCUT2D eigenvalue weighted by Crippen LogP contribution is 2.36. The van der Waals surface area contributed by atoms with Crippen LogP contribution in [-0.4, -0.2) is 51.6 Å². The van der Waals surface area contributed by atoms with E-state index in [4.69, 9.17) is 16.3 Å².